The van der Waals surface area contributed by atoms with Crippen LogP contribution in [-0.2, 0) is 4.79 Å². The molecule has 0 unspecified atom stereocenters. The van der Waals surface area contributed by atoms with Crippen molar-refractivity contribution >= 4 is 5.97 Å². The number of aliphatic carboxylic acids is 1. The fourth-order valence-corrected chi connectivity index (χ4v) is 4.40. The minimum atomic E-state index is -0.763. The minimum absolute atomic E-state index is 0.320. The van der Waals surface area contributed by atoms with Crippen molar-refractivity contribution in [2.24, 2.45) is 11.3 Å². The van der Waals surface area contributed by atoms with E-state index in [1.807, 2.05) is 0 Å². The summed E-state index contributed by atoms with van der Waals surface area (Å²) in [5.74, 6) is -0.345. The lowest BCUT2D eigenvalue weighted by molar-refractivity contribution is -0.277. The molecule has 122 valence electrons. The van der Waals surface area contributed by atoms with Gasteiger partial charge in [0.2, 0.25) is 0 Å². The first-order valence-electron chi connectivity index (χ1n) is 8.89. The zero-order valence-corrected chi connectivity index (χ0v) is 13.5. The van der Waals surface area contributed by atoms with Gasteiger partial charge >= 0.3 is 5.97 Å². The molecule has 3 aliphatic rings. The molecular weight excluding hydrogens is 267 g/mol. The molecule has 1 N–H and O–H groups in total. The fraction of sp³-hybridized carbons (Fsp3) is 0.944. The Bertz CT molecular complexity index is 347. The highest BCUT2D eigenvalue weighted by atomic mass is 19.1. The molecule has 3 rings (SSSR count). The summed E-state index contributed by atoms with van der Waals surface area (Å²) < 4.78 is 13.7. The Morgan fingerprint density at radius 1 is 1.00 bits per heavy atom. The third-order valence-corrected chi connectivity index (χ3v) is 6.05. The highest BCUT2D eigenvalue weighted by Gasteiger charge is 2.73. The molecule has 1 atom stereocenters. The quantitative estimate of drug-likeness (QED) is 0.483. The van der Waals surface area contributed by atoms with Crippen LogP contribution in [0.15, 0.2) is 0 Å². The van der Waals surface area contributed by atoms with Gasteiger partial charge in [-0.3, -0.25) is 4.79 Å². The van der Waals surface area contributed by atoms with Crippen molar-refractivity contribution in [1.82, 2.24) is 0 Å². The molecule has 0 aromatic carbocycles. The molecule has 3 saturated carbocycles. The highest BCUT2D eigenvalue weighted by Crippen LogP contribution is 2.75. The second kappa shape index (κ2) is 7.11. The predicted molar refractivity (Wildman–Crippen MR) is 83.1 cm³/mol. The molecule has 2 bridgehead atoms. The fourth-order valence-electron chi connectivity index (χ4n) is 4.40. The van der Waals surface area contributed by atoms with Crippen LogP contribution in [0.4, 0.5) is 4.39 Å². The van der Waals surface area contributed by atoms with Gasteiger partial charge in [0.1, 0.15) is 5.67 Å². The third-order valence-electron chi connectivity index (χ3n) is 6.05. The maximum Gasteiger partial charge on any atom is 0.303 e. The molecule has 3 aliphatic carbocycles. The van der Waals surface area contributed by atoms with E-state index in [0.717, 1.165) is 25.7 Å². The summed E-state index contributed by atoms with van der Waals surface area (Å²) in [7, 11) is 0. The number of carboxylic acids is 1. The van der Waals surface area contributed by atoms with Crippen molar-refractivity contribution in [2.75, 3.05) is 0 Å². The topological polar surface area (TPSA) is 37.3 Å². The van der Waals surface area contributed by atoms with Crippen LogP contribution in [0.2, 0.25) is 0 Å². The number of hydrogen-bond acceptors (Lipinski definition) is 1. The first-order valence-corrected chi connectivity index (χ1v) is 8.89. The summed E-state index contributed by atoms with van der Waals surface area (Å²) in [6, 6.07) is 0. The standard InChI is InChI=1S/C18H31FO2/c1-15-17(13-18(15,19)14-17)12-10-8-6-4-2-3-5-7-9-11-16(20)21/h15H,2-14H2,1H3,(H,20,21)/t15-,17?,18?/m1/s1. The van der Waals surface area contributed by atoms with E-state index in [1.54, 1.807) is 0 Å². The van der Waals surface area contributed by atoms with Gasteiger partial charge in [0.05, 0.1) is 0 Å². The summed E-state index contributed by atoms with van der Waals surface area (Å²) in [6.07, 6.45) is 14.0. The highest BCUT2D eigenvalue weighted by molar-refractivity contribution is 5.66. The Morgan fingerprint density at radius 2 is 1.48 bits per heavy atom. The third kappa shape index (κ3) is 3.98. The Labute approximate surface area is 128 Å². The van der Waals surface area contributed by atoms with Gasteiger partial charge in [-0.15, -0.1) is 0 Å². The summed E-state index contributed by atoms with van der Waals surface area (Å²) >= 11 is 0. The van der Waals surface area contributed by atoms with Crippen LogP contribution >= 0.6 is 0 Å². The van der Waals surface area contributed by atoms with E-state index in [4.69, 9.17) is 5.11 Å². The van der Waals surface area contributed by atoms with Gasteiger partial charge in [-0.2, -0.15) is 0 Å². The maximum atomic E-state index is 13.7. The molecule has 0 aromatic rings. The van der Waals surface area contributed by atoms with Crippen LogP contribution in [0.1, 0.15) is 90.4 Å². The molecule has 0 aliphatic heterocycles. The molecule has 3 fully saturated rings. The Kier molecular flexibility index (Phi) is 5.67. The van der Waals surface area contributed by atoms with Crippen LogP contribution in [-0.4, -0.2) is 16.7 Å². The van der Waals surface area contributed by atoms with E-state index >= 15 is 0 Å². The van der Waals surface area contributed by atoms with Gasteiger partial charge in [-0.25, -0.2) is 4.39 Å². The number of carboxylic acid groups (broad SMARTS) is 1. The summed E-state index contributed by atoms with van der Waals surface area (Å²) in [5.41, 5.74) is -0.362. The molecular formula is C18H31FO2. The van der Waals surface area contributed by atoms with E-state index in [0.29, 0.717) is 17.8 Å². The van der Waals surface area contributed by atoms with E-state index in [1.165, 1.54) is 51.4 Å². The zero-order valence-electron chi connectivity index (χ0n) is 13.5. The van der Waals surface area contributed by atoms with E-state index in [-0.39, 0.29) is 0 Å². The molecule has 2 nitrogen and oxygen atoms in total. The van der Waals surface area contributed by atoms with Crippen LogP contribution < -0.4 is 0 Å². The van der Waals surface area contributed by atoms with Gasteiger partial charge in [0.25, 0.3) is 0 Å². The number of halogens is 1. The average molecular weight is 298 g/mol. The lowest BCUT2D eigenvalue weighted by Crippen LogP contribution is -2.71. The van der Waals surface area contributed by atoms with Crippen LogP contribution in [0.25, 0.3) is 0 Å². The first kappa shape index (κ1) is 16.8. The Hall–Kier alpha value is -0.600. The Morgan fingerprint density at radius 3 is 1.90 bits per heavy atom. The summed E-state index contributed by atoms with van der Waals surface area (Å²) in [4.78, 5) is 10.4. The van der Waals surface area contributed by atoms with Gasteiger partial charge in [0.15, 0.2) is 0 Å². The van der Waals surface area contributed by atoms with Crippen molar-refractivity contribution in [1.29, 1.82) is 0 Å². The summed E-state index contributed by atoms with van der Waals surface area (Å²) in [6.45, 7) is 2.09. The summed E-state index contributed by atoms with van der Waals surface area (Å²) in [5, 5.41) is 8.53. The largest absolute Gasteiger partial charge is 0.481 e. The normalized spacial score (nSPS) is 33.3. The number of alkyl halides is 1. The number of rotatable bonds is 12. The van der Waals surface area contributed by atoms with E-state index < -0.39 is 11.6 Å². The van der Waals surface area contributed by atoms with Gasteiger partial charge in [-0.1, -0.05) is 58.3 Å². The maximum absolute atomic E-state index is 13.7. The molecule has 21 heavy (non-hydrogen) atoms. The number of unbranched alkanes of at least 4 members (excludes halogenated alkanes) is 8. The monoisotopic (exact) mass is 298 g/mol. The van der Waals surface area contributed by atoms with E-state index in [2.05, 4.69) is 6.92 Å². The van der Waals surface area contributed by atoms with Crippen molar-refractivity contribution in [3.05, 3.63) is 0 Å². The van der Waals surface area contributed by atoms with Crippen LogP contribution in [0.5, 0.6) is 0 Å². The van der Waals surface area contributed by atoms with Crippen molar-refractivity contribution in [2.45, 2.75) is 96.1 Å². The van der Waals surface area contributed by atoms with Crippen molar-refractivity contribution in [3.8, 4) is 0 Å². The zero-order chi connectivity index (χ0) is 15.3. The lowest BCUT2D eigenvalue weighted by atomic mass is 9.35. The molecule has 0 heterocycles. The molecule has 3 heteroatoms. The molecule has 0 saturated heterocycles. The first-order chi connectivity index (χ1) is 9.99. The van der Waals surface area contributed by atoms with Gasteiger partial charge in [-0.05, 0) is 37.0 Å². The predicted octanol–water partition coefficient (Wildman–Crippen LogP) is 5.50. The lowest BCUT2D eigenvalue weighted by Gasteiger charge is -2.72. The van der Waals surface area contributed by atoms with Gasteiger partial charge < -0.3 is 5.11 Å². The van der Waals surface area contributed by atoms with E-state index in [9.17, 15) is 9.18 Å². The smallest absolute Gasteiger partial charge is 0.303 e. The second-order valence-electron chi connectivity index (χ2n) is 7.55. The minimum Gasteiger partial charge on any atom is -0.481 e. The van der Waals surface area contributed by atoms with Crippen LogP contribution in [0.3, 0.4) is 0 Å². The molecule has 0 spiro atoms. The van der Waals surface area contributed by atoms with Crippen molar-refractivity contribution < 1.29 is 14.3 Å². The Balaban J connectivity index is 1.33. The molecule has 0 radical (unpaired) electrons. The van der Waals surface area contributed by atoms with Crippen LogP contribution in [0, 0.1) is 11.3 Å². The molecule has 0 amide bonds. The van der Waals surface area contributed by atoms with Gasteiger partial charge in [0, 0.05) is 6.42 Å². The number of carbonyl (C=O) groups is 1. The molecule has 0 aromatic heterocycles. The second-order valence-corrected chi connectivity index (χ2v) is 7.55. The average Bonchev–Trinajstić information content (AvgIpc) is 2.42. The SMILES string of the molecule is C[C@H]1C2(F)CC1(CCCCCCCCCCCC(=O)O)C2. The number of hydrogen-bond donors (Lipinski definition) is 1. The van der Waals surface area contributed by atoms with Crippen molar-refractivity contribution in [3.63, 3.8) is 0 Å².